The Balaban J connectivity index is 1.98. The van der Waals surface area contributed by atoms with Gasteiger partial charge in [0.25, 0.3) is 5.91 Å². The molecule has 0 saturated carbocycles. The van der Waals surface area contributed by atoms with E-state index in [0.29, 0.717) is 5.69 Å². The minimum Gasteiger partial charge on any atom is -0.388 e. The highest BCUT2D eigenvalue weighted by Crippen LogP contribution is 2.38. The molecule has 4 rings (SSSR count). The Labute approximate surface area is 152 Å². The average molecular weight is 344 g/mol. The molecule has 26 heavy (non-hydrogen) atoms. The standard InChI is InChI=1S/C21H20N4O/c1-3-13-4-9-16(10-5-13)25-20-17(19(24-25)21(22)26)11-7-14-6-8-15(23-2)12-18(14)20/h3-6,8-10,12,23H,1,7,11H2,2H3,(H2,22,26). The highest BCUT2D eigenvalue weighted by Gasteiger charge is 2.28. The van der Waals surface area contributed by atoms with Gasteiger partial charge in [0.15, 0.2) is 5.69 Å². The Hall–Kier alpha value is -3.34. The minimum atomic E-state index is -0.490. The van der Waals surface area contributed by atoms with E-state index >= 15 is 0 Å². The number of hydrogen-bond donors (Lipinski definition) is 2. The van der Waals surface area contributed by atoms with Gasteiger partial charge in [0, 0.05) is 23.9 Å². The third kappa shape index (κ3) is 2.49. The number of carbonyl (C=O) groups is 1. The van der Waals surface area contributed by atoms with Crippen molar-refractivity contribution in [3.8, 4) is 16.9 Å². The van der Waals surface area contributed by atoms with Gasteiger partial charge in [0.05, 0.1) is 11.4 Å². The Morgan fingerprint density at radius 2 is 2.00 bits per heavy atom. The molecule has 0 bridgehead atoms. The smallest absolute Gasteiger partial charge is 0.269 e. The molecule has 0 fully saturated rings. The van der Waals surface area contributed by atoms with Crippen LogP contribution in [0.5, 0.6) is 0 Å². The summed E-state index contributed by atoms with van der Waals surface area (Å²) in [7, 11) is 1.89. The second kappa shape index (κ2) is 6.19. The molecule has 5 heteroatoms. The summed E-state index contributed by atoms with van der Waals surface area (Å²) in [6, 6.07) is 14.2. The van der Waals surface area contributed by atoms with Crippen molar-refractivity contribution in [3.63, 3.8) is 0 Å². The molecule has 0 spiro atoms. The van der Waals surface area contributed by atoms with Gasteiger partial charge >= 0.3 is 0 Å². The van der Waals surface area contributed by atoms with Gasteiger partial charge in [-0.1, -0.05) is 30.9 Å². The molecule has 1 aromatic heterocycles. The van der Waals surface area contributed by atoms with Crippen molar-refractivity contribution >= 4 is 17.7 Å². The van der Waals surface area contributed by atoms with Crippen LogP contribution in [-0.4, -0.2) is 22.7 Å². The molecule has 5 nitrogen and oxygen atoms in total. The fraction of sp³-hybridized carbons (Fsp3) is 0.143. The first-order valence-corrected chi connectivity index (χ1v) is 8.58. The van der Waals surface area contributed by atoms with Gasteiger partial charge in [0.2, 0.25) is 0 Å². The summed E-state index contributed by atoms with van der Waals surface area (Å²) in [5.41, 5.74) is 13.1. The first kappa shape index (κ1) is 16.1. The minimum absolute atomic E-state index is 0.355. The van der Waals surface area contributed by atoms with E-state index < -0.39 is 5.91 Å². The summed E-state index contributed by atoms with van der Waals surface area (Å²) in [6.07, 6.45) is 3.42. The number of nitrogens with zero attached hydrogens (tertiary/aromatic N) is 2. The highest BCUT2D eigenvalue weighted by atomic mass is 16.1. The summed E-state index contributed by atoms with van der Waals surface area (Å²) in [6.45, 7) is 3.79. The van der Waals surface area contributed by atoms with E-state index in [1.165, 1.54) is 5.56 Å². The molecule has 130 valence electrons. The number of rotatable bonds is 4. The molecule has 1 amide bonds. The fourth-order valence-electron chi connectivity index (χ4n) is 3.53. The number of nitrogens with one attached hydrogen (secondary N) is 1. The van der Waals surface area contributed by atoms with Crippen LogP contribution in [-0.2, 0) is 12.8 Å². The van der Waals surface area contributed by atoms with Gasteiger partial charge in [0.1, 0.15) is 0 Å². The lowest BCUT2D eigenvalue weighted by molar-refractivity contribution is 0.0994. The van der Waals surface area contributed by atoms with Gasteiger partial charge < -0.3 is 11.1 Å². The Bertz CT molecular complexity index is 1020. The predicted molar refractivity (Wildman–Crippen MR) is 105 cm³/mol. The maximum absolute atomic E-state index is 12.0. The maximum atomic E-state index is 12.0. The fourth-order valence-corrected chi connectivity index (χ4v) is 3.53. The van der Waals surface area contributed by atoms with Crippen molar-refractivity contribution in [1.29, 1.82) is 0 Å². The molecule has 0 radical (unpaired) electrons. The van der Waals surface area contributed by atoms with Crippen molar-refractivity contribution in [2.24, 2.45) is 5.73 Å². The molecule has 1 aliphatic carbocycles. The quantitative estimate of drug-likeness (QED) is 0.762. The van der Waals surface area contributed by atoms with Crippen molar-refractivity contribution < 1.29 is 4.79 Å². The van der Waals surface area contributed by atoms with E-state index in [4.69, 9.17) is 5.73 Å². The number of hydrogen-bond acceptors (Lipinski definition) is 3. The van der Waals surface area contributed by atoms with Crippen LogP contribution in [0.1, 0.15) is 27.2 Å². The van der Waals surface area contributed by atoms with Crippen LogP contribution in [0.3, 0.4) is 0 Å². The highest BCUT2D eigenvalue weighted by molar-refractivity contribution is 5.95. The number of anilines is 1. The second-order valence-electron chi connectivity index (χ2n) is 6.37. The molecule has 1 aliphatic rings. The van der Waals surface area contributed by atoms with Crippen molar-refractivity contribution in [1.82, 2.24) is 9.78 Å². The SMILES string of the molecule is C=Cc1ccc(-n2nc(C(N)=O)c3c2-c2cc(NC)ccc2CC3)cc1. The third-order valence-electron chi connectivity index (χ3n) is 4.89. The number of aryl methyl sites for hydroxylation is 1. The topological polar surface area (TPSA) is 72.9 Å². The third-order valence-corrected chi connectivity index (χ3v) is 4.89. The number of nitrogens with two attached hydrogens (primary N) is 1. The van der Waals surface area contributed by atoms with Gasteiger partial charge in [-0.15, -0.1) is 0 Å². The van der Waals surface area contributed by atoms with E-state index in [2.05, 4.69) is 35.2 Å². The van der Waals surface area contributed by atoms with Crippen LogP contribution in [0.4, 0.5) is 5.69 Å². The molecule has 2 aromatic carbocycles. The zero-order valence-corrected chi connectivity index (χ0v) is 14.6. The molecule has 0 unspecified atom stereocenters. The van der Waals surface area contributed by atoms with E-state index in [9.17, 15) is 4.79 Å². The number of carbonyl (C=O) groups excluding carboxylic acids is 1. The van der Waals surface area contributed by atoms with Crippen LogP contribution in [0, 0.1) is 0 Å². The van der Waals surface area contributed by atoms with E-state index in [1.807, 2.05) is 36.0 Å². The lowest BCUT2D eigenvalue weighted by Crippen LogP contribution is -2.15. The average Bonchev–Trinajstić information content (AvgIpc) is 3.08. The van der Waals surface area contributed by atoms with Gasteiger partial charge in [-0.25, -0.2) is 4.68 Å². The number of fused-ring (bicyclic) bond motifs is 3. The van der Waals surface area contributed by atoms with E-state index in [0.717, 1.165) is 46.6 Å². The van der Waals surface area contributed by atoms with Crippen LogP contribution >= 0.6 is 0 Å². The normalized spacial score (nSPS) is 12.2. The molecule has 0 aliphatic heterocycles. The van der Waals surface area contributed by atoms with Crippen LogP contribution in [0.25, 0.3) is 23.0 Å². The maximum Gasteiger partial charge on any atom is 0.269 e. The molecular weight excluding hydrogens is 324 g/mol. The zero-order chi connectivity index (χ0) is 18.3. The zero-order valence-electron chi connectivity index (χ0n) is 14.6. The Morgan fingerprint density at radius 1 is 1.23 bits per heavy atom. The molecule has 3 aromatic rings. The summed E-state index contributed by atoms with van der Waals surface area (Å²) in [5, 5.41) is 7.75. The van der Waals surface area contributed by atoms with Gasteiger partial charge in [-0.05, 0) is 48.2 Å². The summed E-state index contributed by atoms with van der Waals surface area (Å²) in [4.78, 5) is 12.0. The molecule has 0 saturated heterocycles. The lowest BCUT2D eigenvalue weighted by atomic mass is 9.88. The van der Waals surface area contributed by atoms with E-state index in [-0.39, 0.29) is 0 Å². The van der Waals surface area contributed by atoms with Crippen LogP contribution < -0.4 is 11.1 Å². The summed E-state index contributed by atoms with van der Waals surface area (Å²) in [5.74, 6) is -0.490. The number of primary amides is 1. The second-order valence-corrected chi connectivity index (χ2v) is 6.37. The van der Waals surface area contributed by atoms with Crippen molar-refractivity contribution in [3.05, 3.63) is 71.4 Å². The number of aromatic nitrogens is 2. The number of benzene rings is 2. The molecule has 3 N–H and O–H groups in total. The van der Waals surface area contributed by atoms with Crippen LogP contribution in [0.2, 0.25) is 0 Å². The monoisotopic (exact) mass is 344 g/mol. The Kier molecular flexibility index (Phi) is 3.84. The number of amides is 1. The van der Waals surface area contributed by atoms with Crippen molar-refractivity contribution in [2.45, 2.75) is 12.8 Å². The first-order chi connectivity index (χ1) is 12.6. The van der Waals surface area contributed by atoms with Gasteiger partial charge in [-0.2, -0.15) is 5.10 Å². The Morgan fingerprint density at radius 3 is 2.65 bits per heavy atom. The molecular formula is C21H20N4O. The van der Waals surface area contributed by atoms with Crippen molar-refractivity contribution in [2.75, 3.05) is 12.4 Å². The summed E-state index contributed by atoms with van der Waals surface area (Å²) < 4.78 is 1.83. The largest absolute Gasteiger partial charge is 0.388 e. The predicted octanol–water partition coefficient (Wildman–Crippen LogP) is 3.42. The van der Waals surface area contributed by atoms with Crippen LogP contribution in [0.15, 0.2) is 49.0 Å². The summed E-state index contributed by atoms with van der Waals surface area (Å²) >= 11 is 0. The van der Waals surface area contributed by atoms with Gasteiger partial charge in [-0.3, -0.25) is 4.79 Å². The lowest BCUT2D eigenvalue weighted by Gasteiger charge is -2.20. The molecule has 0 atom stereocenters. The molecule has 1 heterocycles. The van der Waals surface area contributed by atoms with E-state index in [1.54, 1.807) is 6.08 Å². The first-order valence-electron chi connectivity index (χ1n) is 8.58.